The molecule has 5 rings (SSSR count). The monoisotopic (exact) mass is 478 g/mol. The number of nitrogen functional groups attached to an aromatic ring is 2. The highest BCUT2D eigenvalue weighted by molar-refractivity contribution is 5.56. The molecule has 0 aliphatic heterocycles. The minimum atomic E-state index is -0.0268. The Morgan fingerprint density at radius 3 is 1.44 bits per heavy atom. The van der Waals surface area contributed by atoms with Crippen LogP contribution in [0.2, 0.25) is 0 Å². The summed E-state index contributed by atoms with van der Waals surface area (Å²) in [7, 11) is 0. The smallest absolute Gasteiger partial charge is 0.150 e. The zero-order valence-corrected chi connectivity index (χ0v) is 21.1. The van der Waals surface area contributed by atoms with E-state index >= 15 is 0 Å². The molecule has 4 aromatic carbocycles. The Morgan fingerprint density at radius 2 is 1.03 bits per heavy atom. The minimum Gasteiger partial charge on any atom is -0.455 e. The van der Waals surface area contributed by atoms with E-state index in [4.69, 9.17) is 20.9 Å². The molecule has 1 saturated carbocycles. The summed E-state index contributed by atoms with van der Waals surface area (Å²) in [5.74, 6) is 2.98. The molecule has 4 aromatic rings. The van der Waals surface area contributed by atoms with Gasteiger partial charge in [0.25, 0.3) is 0 Å². The summed E-state index contributed by atoms with van der Waals surface area (Å²) in [5, 5.41) is 0. The number of hydrogen-bond acceptors (Lipinski definition) is 4. The van der Waals surface area contributed by atoms with E-state index in [1.54, 1.807) is 0 Å². The van der Waals surface area contributed by atoms with Gasteiger partial charge in [-0.05, 0) is 97.5 Å². The summed E-state index contributed by atoms with van der Waals surface area (Å²) in [6.45, 7) is 4.38. The lowest BCUT2D eigenvalue weighted by Gasteiger charge is -2.40. The number of hydrogen-bond donors (Lipinski definition) is 2. The fourth-order valence-corrected chi connectivity index (χ4v) is 5.71. The first-order valence-electron chi connectivity index (χ1n) is 12.7. The van der Waals surface area contributed by atoms with Gasteiger partial charge in [0.2, 0.25) is 0 Å². The maximum Gasteiger partial charge on any atom is 0.150 e. The minimum absolute atomic E-state index is 0.0268. The van der Waals surface area contributed by atoms with Crippen molar-refractivity contribution in [2.75, 3.05) is 11.5 Å². The molecule has 4 nitrogen and oxygen atoms in total. The van der Waals surface area contributed by atoms with Crippen molar-refractivity contribution in [1.29, 1.82) is 0 Å². The average molecular weight is 479 g/mol. The maximum absolute atomic E-state index is 6.12. The molecule has 4 heteroatoms. The number of ether oxygens (including phenoxy) is 2. The molecular weight excluding hydrogens is 444 g/mol. The molecule has 0 unspecified atom stereocenters. The van der Waals surface area contributed by atoms with E-state index < -0.39 is 0 Å². The average Bonchev–Trinajstić information content (AvgIpc) is 2.87. The van der Waals surface area contributed by atoms with Gasteiger partial charge in [-0.15, -0.1) is 0 Å². The van der Waals surface area contributed by atoms with Crippen molar-refractivity contribution in [2.24, 2.45) is 0 Å². The summed E-state index contributed by atoms with van der Waals surface area (Å²) in [6.07, 6.45) is 5.98. The number of anilines is 2. The molecule has 0 atom stereocenters. The van der Waals surface area contributed by atoms with Crippen LogP contribution in [0.3, 0.4) is 0 Å². The number of benzene rings is 4. The standard InChI is InChI=1S/C32H34N2O2/c1-22-20-24(35-30-12-6-4-10-28(30)33)14-16-26(22)32(18-8-3-9-19-32)27-17-15-25(21-23(27)2)36-31-13-7-5-11-29(31)34/h4-7,10-17,20-21H,3,8-9,18-19,33-34H2,1-2H3. The summed E-state index contributed by atoms with van der Waals surface area (Å²) in [6, 6.07) is 28.2. The van der Waals surface area contributed by atoms with Gasteiger partial charge in [-0.3, -0.25) is 0 Å². The van der Waals surface area contributed by atoms with E-state index in [2.05, 4.69) is 50.2 Å². The molecule has 0 bridgehead atoms. The first kappa shape index (κ1) is 23.8. The lowest BCUT2D eigenvalue weighted by molar-refractivity contribution is 0.342. The highest BCUT2D eigenvalue weighted by Gasteiger charge is 2.38. The molecule has 184 valence electrons. The second kappa shape index (κ2) is 9.98. The largest absolute Gasteiger partial charge is 0.455 e. The Morgan fingerprint density at radius 1 is 0.583 bits per heavy atom. The number of para-hydroxylation sites is 4. The Hall–Kier alpha value is -3.92. The fourth-order valence-electron chi connectivity index (χ4n) is 5.71. The van der Waals surface area contributed by atoms with Crippen molar-refractivity contribution >= 4 is 11.4 Å². The van der Waals surface area contributed by atoms with Crippen LogP contribution >= 0.6 is 0 Å². The summed E-state index contributed by atoms with van der Waals surface area (Å²) in [5.41, 5.74) is 18.7. The molecule has 0 saturated heterocycles. The van der Waals surface area contributed by atoms with Gasteiger partial charge in [-0.2, -0.15) is 0 Å². The molecule has 36 heavy (non-hydrogen) atoms. The van der Waals surface area contributed by atoms with Crippen LogP contribution in [0.1, 0.15) is 54.4 Å². The highest BCUT2D eigenvalue weighted by Crippen LogP contribution is 2.48. The summed E-state index contributed by atoms with van der Waals surface area (Å²) >= 11 is 0. The molecule has 4 N–H and O–H groups in total. The van der Waals surface area contributed by atoms with E-state index in [0.29, 0.717) is 22.9 Å². The predicted octanol–water partition coefficient (Wildman–Crippen LogP) is 8.30. The zero-order valence-electron chi connectivity index (χ0n) is 21.1. The Labute approximate surface area is 213 Å². The maximum atomic E-state index is 6.12. The van der Waals surface area contributed by atoms with Crippen LogP contribution in [-0.4, -0.2) is 0 Å². The molecule has 0 amide bonds. The summed E-state index contributed by atoms with van der Waals surface area (Å²) in [4.78, 5) is 0. The molecule has 1 aliphatic rings. The van der Waals surface area contributed by atoms with Gasteiger partial charge in [0.15, 0.2) is 0 Å². The lowest BCUT2D eigenvalue weighted by Crippen LogP contribution is -2.32. The van der Waals surface area contributed by atoms with Crippen LogP contribution in [-0.2, 0) is 5.41 Å². The third kappa shape index (κ3) is 4.64. The van der Waals surface area contributed by atoms with E-state index in [9.17, 15) is 0 Å². The van der Waals surface area contributed by atoms with Crippen LogP contribution in [0, 0.1) is 13.8 Å². The molecule has 1 fully saturated rings. The third-order valence-corrected chi connectivity index (χ3v) is 7.43. The third-order valence-electron chi connectivity index (χ3n) is 7.43. The lowest BCUT2D eigenvalue weighted by atomic mass is 9.63. The first-order valence-corrected chi connectivity index (χ1v) is 12.7. The van der Waals surface area contributed by atoms with Gasteiger partial charge in [0.05, 0.1) is 11.4 Å². The van der Waals surface area contributed by atoms with Gasteiger partial charge in [0, 0.05) is 5.41 Å². The zero-order chi connectivity index (χ0) is 25.1. The molecular formula is C32H34N2O2. The van der Waals surface area contributed by atoms with Crippen LogP contribution in [0.4, 0.5) is 11.4 Å². The number of rotatable bonds is 6. The van der Waals surface area contributed by atoms with Crippen LogP contribution < -0.4 is 20.9 Å². The normalized spacial score (nSPS) is 14.8. The highest BCUT2D eigenvalue weighted by atomic mass is 16.5. The molecule has 0 radical (unpaired) electrons. The first-order chi connectivity index (χ1) is 17.5. The predicted molar refractivity (Wildman–Crippen MR) is 148 cm³/mol. The van der Waals surface area contributed by atoms with Gasteiger partial charge in [0.1, 0.15) is 23.0 Å². The van der Waals surface area contributed by atoms with Crippen molar-refractivity contribution in [1.82, 2.24) is 0 Å². The Bertz CT molecular complexity index is 1270. The van der Waals surface area contributed by atoms with Crippen molar-refractivity contribution in [2.45, 2.75) is 51.4 Å². The second-order valence-electron chi connectivity index (χ2n) is 9.88. The van der Waals surface area contributed by atoms with Crippen LogP contribution in [0.5, 0.6) is 23.0 Å². The second-order valence-corrected chi connectivity index (χ2v) is 9.88. The topological polar surface area (TPSA) is 70.5 Å². The van der Waals surface area contributed by atoms with E-state index in [1.165, 1.54) is 41.5 Å². The SMILES string of the molecule is Cc1cc(Oc2ccccc2N)ccc1C1(c2ccc(Oc3ccccc3N)cc2C)CCCCC1. The summed E-state index contributed by atoms with van der Waals surface area (Å²) < 4.78 is 12.2. The Balaban J connectivity index is 1.49. The van der Waals surface area contributed by atoms with Crippen molar-refractivity contribution in [3.8, 4) is 23.0 Å². The van der Waals surface area contributed by atoms with Gasteiger partial charge >= 0.3 is 0 Å². The van der Waals surface area contributed by atoms with Gasteiger partial charge in [-0.25, -0.2) is 0 Å². The molecule has 0 aromatic heterocycles. The number of nitrogens with two attached hydrogens (primary N) is 2. The molecule has 0 spiro atoms. The van der Waals surface area contributed by atoms with E-state index in [-0.39, 0.29) is 5.41 Å². The van der Waals surface area contributed by atoms with Crippen LogP contribution in [0.15, 0.2) is 84.9 Å². The van der Waals surface area contributed by atoms with Crippen molar-refractivity contribution in [3.05, 3.63) is 107 Å². The van der Waals surface area contributed by atoms with Gasteiger partial charge in [-0.1, -0.05) is 55.7 Å². The van der Waals surface area contributed by atoms with E-state index in [1.807, 2.05) is 48.5 Å². The van der Waals surface area contributed by atoms with Gasteiger partial charge < -0.3 is 20.9 Å². The van der Waals surface area contributed by atoms with Crippen LogP contribution in [0.25, 0.3) is 0 Å². The number of aryl methyl sites for hydroxylation is 2. The van der Waals surface area contributed by atoms with Crippen molar-refractivity contribution < 1.29 is 9.47 Å². The fraction of sp³-hybridized carbons (Fsp3) is 0.250. The Kier molecular flexibility index (Phi) is 6.60. The van der Waals surface area contributed by atoms with Crippen molar-refractivity contribution in [3.63, 3.8) is 0 Å². The van der Waals surface area contributed by atoms with E-state index in [0.717, 1.165) is 24.3 Å². The molecule has 0 heterocycles. The molecule has 1 aliphatic carbocycles. The quantitative estimate of drug-likeness (QED) is 0.273.